The summed E-state index contributed by atoms with van der Waals surface area (Å²) < 4.78 is 10.6. The van der Waals surface area contributed by atoms with Gasteiger partial charge in [0, 0.05) is 23.7 Å². The second kappa shape index (κ2) is 13.0. The third-order valence-corrected chi connectivity index (χ3v) is 5.06. The topological polar surface area (TPSA) is 61.3 Å². The molecule has 0 N–H and O–H groups in total. The molecule has 0 bridgehead atoms. The molecule has 0 saturated heterocycles. The van der Waals surface area contributed by atoms with E-state index in [0.717, 1.165) is 34.9 Å². The molecule has 1 heterocycles. The summed E-state index contributed by atoms with van der Waals surface area (Å²) in [4.78, 5) is 20.6. The number of benzene rings is 1. The summed E-state index contributed by atoms with van der Waals surface area (Å²) in [5.74, 6) is 1.23. The molecule has 5 nitrogen and oxygen atoms in total. The maximum Gasteiger partial charge on any atom is 0.347 e. The normalized spacial score (nSPS) is 12.1. The fourth-order valence-corrected chi connectivity index (χ4v) is 3.24. The standard InChI is InChI=1S/C23H30N2O3S/c1-4-6-7-8-9-10-15-29-23-24-16-20(17-25-23)19-11-13-21(14-12-19)28-18(3)22(26)27-5-2/h8-9,11-14,16-18H,4-7,10,15H2,1-3H3/t18-/m1/s1. The lowest BCUT2D eigenvalue weighted by molar-refractivity contribution is -0.150. The number of ether oxygens (including phenoxy) is 2. The highest BCUT2D eigenvalue weighted by atomic mass is 32.2. The van der Waals surface area contributed by atoms with Crippen LogP contribution in [-0.4, -0.2) is 34.4 Å². The highest BCUT2D eigenvalue weighted by molar-refractivity contribution is 7.99. The maximum absolute atomic E-state index is 11.7. The smallest absolute Gasteiger partial charge is 0.347 e. The van der Waals surface area contributed by atoms with Crippen LogP contribution in [0.4, 0.5) is 0 Å². The lowest BCUT2D eigenvalue weighted by atomic mass is 10.1. The molecule has 0 unspecified atom stereocenters. The predicted molar refractivity (Wildman–Crippen MR) is 118 cm³/mol. The quantitative estimate of drug-likeness (QED) is 0.146. The van der Waals surface area contributed by atoms with Gasteiger partial charge < -0.3 is 9.47 Å². The molecule has 29 heavy (non-hydrogen) atoms. The Morgan fingerprint density at radius 2 is 1.76 bits per heavy atom. The number of nitrogens with zero attached hydrogens (tertiary/aromatic N) is 2. The first-order valence-corrected chi connectivity index (χ1v) is 11.2. The molecule has 1 aromatic carbocycles. The van der Waals surface area contributed by atoms with Gasteiger partial charge in [-0.2, -0.15) is 0 Å². The Labute approximate surface area is 177 Å². The third kappa shape index (κ3) is 8.28. The zero-order valence-corrected chi connectivity index (χ0v) is 18.3. The molecule has 1 atom stereocenters. The molecule has 2 rings (SSSR count). The van der Waals surface area contributed by atoms with Crippen molar-refractivity contribution >= 4 is 17.7 Å². The summed E-state index contributed by atoms with van der Waals surface area (Å²) in [6, 6.07) is 7.52. The number of rotatable bonds is 12. The van der Waals surface area contributed by atoms with Crippen LogP contribution in [0.1, 0.15) is 46.5 Å². The molecule has 1 aromatic heterocycles. The zero-order valence-electron chi connectivity index (χ0n) is 17.5. The predicted octanol–water partition coefficient (Wildman–Crippen LogP) is 5.70. The highest BCUT2D eigenvalue weighted by Gasteiger charge is 2.15. The fraction of sp³-hybridized carbons (Fsp3) is 0.435. The minimum Gasteiger partial charge on any atom is -0.479 e. The largest absolute Gasteiger partial charge is 0.479 e. The van der Waals surface area contributed by atoms with Gasteiger partial charge in [-0.3, -0.25) is 0 Å². The first kappa shape index (κ1) is 22.9. The lowest BCUT2D eigenvalue weighted by Crippen LogP contribution is -2.25. The van der Waals surface area contributed by atoms with E-state index in [2.05, 4.69) is 29.0 Å². The van der Waals surface area contributed by atoms with Crippen LogP contribution in [-0.2, 0) is 9.53 Å². The van der Waals surface area contributed by atoms with Crippen molar-refractivity contribution < 1.29 is 14.3 Å². The van der Waals surface area contributed by atoms with E-state index in [1.54, 1.807) is 25.6 Å². The van der Waals surface area contributed by atoms with Crippen LogP contribution in [0.3, 0.4) is 0 Å². The minimum absolute atomic E-state index is 0.343. The Balaban J connectivity index is 1.83. The number of thioether (sulfide) groups is 1. The van der Waals surface area contributed by atoms with Gasteiger partial charge in [0.2, 0.25) is 0 Å². The first-order valence-electron chi connectivity index (χ1n) is 10.2. The van der Waals surface area contributed by atoms with Crippen molar-refractivity contribution in [2.45, 2.75) is 57.7 Å². The lowest BCUT2D eigenvalue weighted by Gasteiger charge is -2.13. The summed E-state index contributed by atoms with van der Waals surface area (Å²) in [5, 5.41) is 0.791. The molecule has 0 aliphatic heterocycles. The van der Waals surface area contributed by atoms with Crippen LogP contribution in [0.2, 0.25) is 0 Å². The molecule has 0 amide bonds. The van der Waals surface area contributed by atoms with Gasteiger partial charge in [-0.1, -0.05) is 55.8 Å². The highest BCUT2D eigenvalue weighted by Crippen LogP contribution is 2.23. The van der Waals surface area contributed by atoms with Crippen LogP contribution in [0, 0.1) is 0 Å². The van der Waals surface area contributed by atoms with Crippen molar-refractivity contribution in [2.24, 2.45) is 0 Å². The van der Waals surface area contributed by atoms with E-state index in [0.29, 0.717) is 12.4 Å². The monoisotopic (exact) mass is 414 g/mol. The Hall–Kier alpha value is -2.34. The van der Waals surface area contributed by atoms with Crippen molar-refractivity contribution in [1.29, 1.82) is 0 Å². The van der Waals surface area contributed by atoms with Gasteiger partial charge in [-0.15, -0.1) is 0 Å². The number of unbranched alkanes of at least 4 members (excludes halogenated alkanes) is 2. The molecule has 0 fully saturated rings. The van der Waals surface area contributed by atoms with Gasteiger partial charge in [0.25, 0.3) is 0 Å². The van der Waals surface area contributed by atoms with Gasteiger partial charge in [0.1, 0.15) is 5.75 Å². The van der Waals surface area contributed by atoms with E-state index in [-0.39, 0.29) is 5.97 Å². The summed E-state index contributed by atoms with van der Waals surface area (Å²) in [7, 11) is 0. The van der Waals surface area contributed by atoms with E-state index in [9.17, 15) is 4.79 Å². The van der Waals surface area contributed by atoms with Crippen molar-refractivity contribution in [3.63, 3.8) is 0 Å². The van der Waals surface area contributed by atoms with Crippen molar-refractivity contribution in [1.82, 2.24) is 9.97 Å². The molecule has 156 valence electrons. The van der Waals surface area contributed by atoms with Gasteiger partial charge in [0.15, 0.2) is 11.3 Å². The van der Waals surface area contributed by atoms with Crippen LogP contribution in [0.15, 0.2) is 54.0 Å². The van der Waals surface area contributed by atoms with Gasteiger partial charge >= 0.3 is 5.97 Å². The van der Waals surface area contributed by atoms with Crippen LogP contribution in [0.25, 0.3) is 11.1 Å². The number of carbonyl (C=O) groups is 1. The van der Waals surface area contributed by atoms with Crippen LogP contribution >= 0.6 is 11.8 Å². The van der Waals surface area contributed by atoms with E-state index >= 15 is 0 Å². The average molecular weight is 415 g/mol. The van der Waals surface area contributed by atoms with Crippen LogP contribution in [0.5, 0.6) is 5.75 Å². The minimum atomic E-state index is -0.637. The second-order valence-corrected chi connectivity index (χ2v) is 7.60. The first-order chi connectivity index (χ1) is 14.1. The molecule has 0 aliphatic carbocycles. The molecule has 2 aromatic rings. The van der Waals surface area contributed by atoms with Gasteiger partial charge in [-0.05, 0) is 44.4 Å². The number of carbonyl (C=O) groups excluding carboxylic acids is 1. The molecule has 0 radical (unpaired) electrons. The fourth-order valence-electron chi connectivity index (χ4n) is 2.55. The van der Waals surface area contributed by atoms with Gasteiger partial charge in [-0.25, -0.2) is 14.8 Å². The second-order valence-electron chi connectivity index (χ2n) is 6.54. The number of hydrogen-bond donors (Lipinski definition) is 0. The Morgan fingerprint density at radius 1 is 1.07 bits per heavy atom. The molecule has 6 heteroatoms. The molecular weight excluding hydrogens is 384 g/mol. The summed E-state index contributed by atoms with van der Waals surface area (Å²) in [6.45, 7) is 6.00. The van der Waals surface area contributed by atoms with E-state index < -0.39 is 6.10 Å². The summed E-state index contributed by atoms with van der Waals surface area (Å²) >= 11 is 1.67. The molecule has 0 aliphatic rings. The average Bonchev–Trinajstić information content (AvgIpc) is 2.74. The Morgan fingerprint density at radius 3 is 2.41 bits per heavy atom. The molecule has 0 saturated carbocycles. The summed E-state index contributed by atoms with van der Waals surface area (Å²) in [6.07, 6.45) is 12.2. The third-order valence-electron chi connectivity index (χ3n) is 4.15. The van der Waals surface area contributed by atoms with Gasteiger partial charge in [0.05, 0.1) is 6.61 Å². The van der Waals surface area contributed by atoms with E-state index in [1.165, 1.54) is 12.8 Å². The van der Waals surface area contributed by atoms with Crippen molar-refractivity contribution in [3.05, 3.63) is 48.8 Å². The number of allylic oxidation sites excluding steroid dienone is 2. The number of hydrogen-bond acceptors (Lipinski definition) is 6. The van der Waals surface area contributed by atoms with E-state index in [4.69, 9.17) is 9.47 Å². The SMILES string of the molecule is CCCCC=CCCSc1ncc(-c2ccc(O[C@H](C)C(=O)OCC)cc2)cn1. The summed E-state index contributed by atoms with van der Waals surface area (Å²) in [5.41, 5.74) is 1.94. The zero-order chi connectivity index (χ0) is 20.9. The van der Waals surface area contributed by atoms with E-state index in [1.807, 2.05) is 36.7 Å². The maximum atomic E-state index is 11.7. The molecular formula is C23H30N2O3S. The Bertz CT molecular complexity index is 761. The Kier molecular flexibility index (Phi) is 10.3. The van der Waals surface area contributed by atoms with Crippen LogP contribution < -0.4 is 4.74 Å². The van der Waals surface area contributed by atoms with Crippen molar-refractivity contribution in [3.8, 4) is 16.9 Å². The molecule has 0 spiro atoms. The number of esters is 1. The number of aromatic nitrogens is 2. The van der Waals surface area contributed by atoms with Crippen molar-refractivity contribution in [2.75, 3.05) is 12.4 Å².